The maximum Gasteiger partial charge on any atom is 0.224 e. The molecule has 0 spiro atoms. The van der Waals surface area contributed by atoms with Crippen molar-refractivity contribution in [1.29, 1.82) is 0 Å². The third-order valence-corrected chi connectivity index (χ3v) is 2.16. The molecule has 1 aromatic heterocycles. The molecule has 0 fully saturated rings. The third kappa shape index (κ3) is 3.04. The van der Waals surface area contributed by atoms with E-state index in [2.05, 4.69) is 22.2 Å². The Morgan fingerprint density at radius 3 is 2.87 bits per heavy atom. The van der Waals surface area contributed by atoms with Gasteiger partial charge in [-0.3, -0.25) is 0 Å². The fraction of sp³-hybridized carbons (Fsp3) is 0.600. The molecule has 0 aliphatic carbocycles. The van der Waals surface area contributed by atoms with Gasteiger partial charge in [0.05, 0.1) is 6.20 Å². The van der Waals surface area contributed by atoms with Crippen LogP contribution in [0.4, 0.5) is 16.2 Å². The van der Waals surface area contributed by atoms with Crippen LogP contribution in [0.1, 0.15) is 19.8 Å². The van der Waals surface area contributed by atoms with Gasteiger partial charge >= 0.3 is 0 Å². The predicted molar refractivity (Wildman–Crippen MR) is 59.7 cm³/mol. The first-order chi connectivity index (χ1) is 7.19. The highest BCUT2D eigenvalue weighted by atomic mass is 19.1. The summed E-state index contributed by atoms with van der Waals surface area (Å²) in [5, 5.41) is 2.79. The SMILES string of the molecule is CCCCN(C)c1nc(NC)ncc1F. The molecule has 1 rings (SSSR count). The number of anilines is 2. The van der Waals surface area contributed by atoms with Gasteiger partial charge in [-0.05, 0) is 6.42 Å². The molecule has 15 heavy (non-hydrogen) atoms. The maximum atomic E-state index is 13.4. The number of aromatic nitrogens is 2. The van der Waals surface area contributed by atoms with Gasteiger partial charge in [-0.25, -0.2) is 9.37 Å². The van der Waals surface area contributed by atoms with Crippen LogP contribution < -0.4 is 10.2 Å². The highest BCUT2D eigenvalue weighted by molar-refractivity contribution is 5.42. The number of nitrogens with one attached hydrogen (secondary N) is 1. The van der Waals surface area contributed by atoms with Crippen molar-refractivity contribution in [3.63, 3.8) is 0 Å². The molecule has 1 aromatic rings. The maximum absolute atomic E-state index is 13.4. The minimum absolute atomic E-state index is 0.350. The molecule has 4 nitrogen and oxygen atoms in total. The van der Waals surface area contributed by atoms with Gasteiger partial charge in [0.1, 0.15) is 0 Å². The highest BCUT2D eigenvalue weighted by Gasteiger charge is 2.10. The number of rotatable bonds is 5. The van der Waals surface area contributed by atoms with Gasteiger partial charge in [0.25, 0.3) is 0 Å². The van der Waals surface area contributed by atoms with Crippen LogP contribution in [-0.4, -0.2) is 30.6 Å². The monoisotopic (exact) mass is 212 g/mol. The molecule has 0 atom stereocenters. The van der Waals surface area contributed by atoms with Crippen molar-refractivity contribution in [2.75, 3.05) is 30.9 Å². The molecule has 1 heterocycles. The zero-order valence-electron chi connectivity index (χ0n) is 9.42. The molecule has 0 aromatic carbocycles. The van der Waals surface area contributed by atoms with E-state index in [9.17, 15) is 4.39 Å². The average molecular weight is 212 g/mol. The van der Waals surface area contributed by atoms with E-state index in [0.717, 1.165) is 19.4 Å². The minimum Gasteiger partial charge on any atom is -0.357 e. The van der Waals surface area contributed by atoms with Crippen molar-refractivity contribution in [3.8, 4) is 0 Å². The van der Waals surface area contributed by atoms with E-state index in [-0.39, 0.29) is 5.82 Å². The summed E-state index contributed by atoms with van der Waals surface area (Å²) in [6.45, 7) is 2.90. The van der Waals surface area contributed by atoms with Crippen molar-refractivity contribution >= 4 is 11.8 Å². The van der Waals surface area contributed by atoms with Gasteiger partial charge < -0.3 is 10.2 Å². The molecule has 0 unspecified atom stereocenters. The molecular weight excluding hydrogens is 195 g/mol. The lowest BCUT2D eigenvalue weighted by Gasteiger charge is -2.18. The molecule has 84 valence electrons. The Morgan fingerprint density at radius 2 is 2.27 bits per heavy atom. The van der Waals surface area contributed by atoms with Gasteiger partial charge in [0.2, 0.25) is 5.95 Å². The third-order valence-electron chi connectivity index (χ3n) is 2.16. The van der Waals surface area contributed by atoms with E-state index in [1.54, 1.807) is 11.9 Å². The Kier molecular flexibility index (Phi) is 4.27. The van der Waals surface area contributed by atoms with Gasteiger partial charge in [0, 0.05) is 20.6 Å². The van der Waals surface area contributed by atoms with Crippen LogP contribution in [0.15, 0.2) is 6.20 Å². The van der Waals surface area contributed by atoms with E-state index in [1.165, 1.54) is 6.20 Å². The second-order valence-electron chi connectivity index (χ2n) is 3.39. The van der Waals surface area contributed by atoms with Crippen LogP contribution in [0.5, 0.6) is 0 Å². The summed E-state index contributed by atoms with van der Waals surface area (Å²) < 4.78 is 13.4. The first-order valence-corrected chi connectivity index (χ1v) is 5.10. The first-order valence-electron chi connectivity index (χ1n) is 5.10. The summed E-state index contributed by atoms with van der Waals surface area (Å²) in [6.07, 6.45) is 3.29. The second kappa shape index (κ2) is 5.48. The quantitative estimate of drug-likeness (QED) is 0.809. The molecule has 5 heteroatoms. The van der Waals surface area contributed by atoms with Gasteiger partial charge in [-0.15, -0.1) is 0 Å². The Labute approximate surface area is 89.5 Å². The Balaban J connectivity index is 2.81. The molecule has 0 saturated heterocycles. The Hall–Kier alpha value is -1.39. The average Bonchev–Trinajstić information content (AvgIpc) is 2.26. The number of unbranched alkanes of at least 4 members (excludes halogenated alkanes) is 1. The van der Waals surface area contributed by atoms with Crippen LogP contribution in [0.25, 0.3) is 0 Å². The molecule has 0 aliphatic heterocycles. The second-order valence-corrected chi connectivity index (χ2v) is 3.39. The molecular formula is C10H17FN4. The molecule has 0 saturated carbocycles. The minimum atomic E-state index is -0.382. The van der Waals surface area contributed by atoms with E-state index < -0.39 is 0 Å². The summed E-state index contributed by atoms with van der Waals surface area (Å²) in [7, 11) is 3.55. The van der Waals surface area contributed by atoms with E-state index >= 15 is 0 Å². The standard InChI is InChI=1S/C10H17FN4/c1-4-5-6-15(3)9-8(11)7-13-10(12-2)14-9/h7H,4-6H2,1-3H3,(H,12,13,14). The van der Waals surface area contributed by atoms with Crippen LogP contribution in [-0.2, 0) is 0 Å². The van der Waals surface area contributed by atoms with Crippen LogP contribution in [0.2, 0.25) is 0 Å². The van der Waals surface area contributed by atoms with E-state index in [0.29, 0.717) is 11.8 Å². The number of nitrogens with zero attached hydrogens (tertiary/aromatic N) is 3. The van der Waals surface area contributed by atoms with E-state index in [4.69, 9.17) is 0 Å². The van der Waals surface area contributed by atoms with Crippen molar-refractivity contribution < 1.29 is 4.39 Å². The van der Waals surface area contributed by atoms with Gasteiger partial charge in [-0.2, -0.15) is 4.98 Å². The van der Waals surface area contributed by atoms with Crippen molar-refractivity contribution in [2.24, 2.45) is 0 Å². The topological polar surface area (TPSA) is 41.1 Å². The number of hydrogen-bond acceptors (Lipinski definition) is 4. The Morgan fingerprint density at radius 1 is 1.53 bits per heavy atom. The summed E-state index contributed by atoms with van der Waals surface area (Å²) in [5.74, 6) is 0.408. The van der Waals surface area contributed by atoms with Crippen LogP contribution in [0, 0.1) is 5.82 Å². The zero-order chi connectivity index (χ0) is 11.3. The molecule has 0 amide bonds. The normalized spacial score (nSPS) is 10.1. The molecule has 0 bridgehead atoms. The molecule has 1 N–H and O–H groups in total. The van der Waals surface area contributed by atoms with E-state index in [1.807, 2.05) is 7.05 Å². The summed E-state index contributed by atoms with van der Waals surface area (Å²) in [4.78, 5) is 9.68. The zero-order valence-corrected chi connectivity index (χ0v) is 9.42. The summed E-state index contributed by atoms with van der Waals surface area (Å²) in [6, 6.07) is 0. The van der Waals surface area contributed by atoms with Crippen molar-refractivity contribution in [2.45, 2.75) is 19.8 Å². The number of hydrogen-bond donors (Lipinski definition) is 1. The lowest BCUT2D eigenvalue weighted by Crippen LogP contribution is -2.21. The van der Waals surface area contributed by atoms with Gasteiger partial charge in [-0.1, -0.05) is 13.3 Å². The first kappa shape index (κ1) is 11.7. The lowest BCUT2D eigenvalue weighted by atomic mass is 10.3. The lowest BCUT2D eigenvalue weighted by molar-refractivity contribution is 0.605. The fourth-order valence-corrected chi connectivity index (χ4v) is 1.25. The number of halogens is 1. The predicted octanol–water partition coefficient (Wildman–Crippen LogP) is 1.89. The summed E-state index contributed by atoms with van der Waals surface area (Å²) >= 11 is 0. The van der Waals surface area contributed by atoms with Crippen LogP contribution in [0.3, 0.4) is 0 Å². The Bertz CT molecular complexity index is 316. The van der Waals surface area contributed by atoms with Crippen molar-refractivity contribution in [1.82, 2.24) is 9.97 Å². The largest absolute Gasteiger partial charge is 0.357 e. The highest BCUT2D eigenvalue weighted by Crippen LogP contribution is 2.15. The smallest absolute Gasteiger partial charge is 0.224 e. The fourth-order valence-electron chi connectivity index (χ4n) is 1.25. The van der Waals surface area contributed by atoms with Gasteiger partial charge in [0.15, 0.2) is 11.6 Å². The summed E-state index contributed by atoms with van der Waals surface area (Å²) in [5.41, 5.74) is 0. The van der Waals surface area contributed by atoms with Crippen molar-refractivity contribution in [3.05, 3.63) is 12.0 Å². The molecule has 0 radical (unpaired) electrons. The van der Waals surface area contributed by atoms with Crippen LogP contribution >= 0.6 is 0 Å². The molecule has 0 aliphatic rings.